The zero-order valence-corrected chi connectivity index (χ0v) is 10.3. The summed E-state index contributed by atoms with van der Waals surface area (Å²) in [5.41, 5.74) is 0.710. The van der Waals surface area contributed by atoms with Gasteiger partial charge in [0.05, 0.1) is 6.20 Å². The van der Waals surface area contributed by atoms with Crippen LogP contribution in [0.4, 0.5) is 5.13 Å². The van der Waals surface area contributed by atoms with Crippen LogP contribution in [0, 0.1) is 11.3 Å². The van der Waals surface area contributed by atoms with Crippen LogP contribution in [0.5, 0.6) is 0 Å². The van der Waals surface area contributed by atoms with Gasteiger partial charge in [-0.15, -0.1) is 11.3 Å². The molecule has 0 saturated heterocycles. The van der Waals surface area contributed by atoms with Gasteiger partial charge in [-0.1, -0.05) is 0 Å². The van der Waals surface area contributed by atoms with Crippen molar-refractivity contribution in [1.29, 1.82) is 5.26 Å². The normalized spacial score (nSPS) is 11.0. The topological polar surface area (TPSA) is 83.6 Å². The molecule has 0 radical (unpaired) electrons. The van der Waals surface area contributed by atoms with E-state index in [9.17, 15) is 4.79 Å². The van der Waals surface area contributed by atoms with Crippen molar-refractivity contribution < 1.29 is 4.79 Å². The third kappa shape index (κ3) is 2.81. The lowest BCUT2D eigenvalue weighted by Gasteiger charge is -1.98. The van der Waals surface area contributed by atoms with Crippen LogP contribution in [0.1, 0.15) is 5.56 Å². The van der Waals surface area contributed by atoms with E-state index in [4.69, 9.17) is 5.26 Å². The number of thiazole rings is 1. The molecule has 0 bridgehead atoms. The summed E-state index contributed by atoms with van der Waals surface area (Å²) in [5, 5.41) is 17.7. The van der Waals surface area contributed by atoms with Gasteiger partial charge in [-0.3, -0.25) is 14.8 Å². The number of aromatic nitrogens is 3. The van der Waals surface area contributed by atoms with Gasteiger partial charge in [0.25, 0.3) is 5.91 Å². The minimum Gasteiger partial charge on any atom is -0.297 e. The van der Waals surface area contributed by atoms with Gasteiger partial charge in [-0.25, -0.2) is 4.98 Å². The Labute approximate surface area is 107 Å². The first-order chi connectivity index (χ1) is 8.69. The molecule has 0 spiro atoms. The maximum absolute atomic E-state index is 11.8. The summed E-state index contributed by atoms with van der Waals surface area (Å²) >= 11 is 1.29. The highest BCUT2D eigenvalue weighted by Crippen LogP contribution is 2.13. The summed E-state index contributed by atoms with van der Waals surface area (Å²) in [5.74, 6) is -0.476. The zero-order valence-electron chi connectivity index (χ0n) is 9.49. The Morgan fingerprint density at radius 3 is 3.06 bits per heavy atom. The van der Waals surface area contributed by atoms with E-state index in [0.717, 1.165) is 0 Å². The highest BCUT2D eigenvalue weighted by molar-refractivity contribution is 7.13. The maximum atomic E-state index is 11.8. The van der Waals surface area contributed by atoms with Gasteiger partial charge in [0, 0.05) is 30.4 Å². The summed E-state index contributed by atoms with van der Waals surface area (Å²) < 4.78 is 1.60. The molecule has 0 aromatic carbocycles. The fourth-order valence-corrected chi connectivity index (χ4v) is 1.80. The second-order valence-corrected chi connectivity index (χ2v) is 4.30. The molecule has 0 aliphatic heterocycles. The molecule has 0 aliphatic rings. The van der Waals surface area contributed by atoms with Crippen LogP contribution in [0.25, 0.3) is 6.08 Å². The molecule has 1 N–H and O–H groups in total. The van der Waals surface area contributed by atoms with Gasteiger partial charge in [0.1, 0.15) is 11.6 Å². The van der Waals surface area contributed by atoms with E-state index >= 15 is 0 Å². The van der Waals surface area contributed by atoms with Crippen LogP contribution >= 0.6 is 11.3 Å². The summed E-state index contributed by atoms with van der Waals surface area (Å²) in [4.78, 5) is 15.7. The molecular formula is C11H9N5OS. The summed E-state index contributed by atoms with van der Waals surface area (Å²) in [6, 6.07) is 1.86. The third-order valence-electron chi connectivity index (χ3n) is 2.05. The van der Waals surface area contributed by atoms with Gasteiger partial charge in [0.15, 0.2) is 5.13 Å². The molecule has 0 fully saturated rings. The molecule has 0 aliphatic carbocycles. The Kier molecular flexibility index (Phi) is 3.50. The number of nitriles is 1. The largest absolute Gasteiger partial charge is 0.297 e. The molecule has 18 heavy (non-hydrogen) atoms. The van der Waals surface area contributed by atoms with Crippen molar-refractivity contribution in [3.8, 4) is 6.07 Å². The lowest BCUT2D eigenvalue weighted by molar-refractivity contribution is -0.112. The van der Waals surface area contributed by atoms with Crippen molar-refractivity contribution in [1.82, 2.24) is 14.8 Å². The number of carbonyl (C=O) groups excluding carboxylic acids is 1. The Morgan fingerprint density at radius 1 is 1.67 bits per heavy atom. The van der Waals surface area contributed by atoms with Gasteiger partial charge in [-0.2, -0.15) is 10.4 Å². The minimum absolute atomic E-state index is 0.0122. The number of hydrogen-bond donors (Lipinski definition) is 1. The van der Waals surface area contributed by atoms with Crippen molar-refractivity contribution in [2.24, 2.45) is 7.05 Å². The first-order valence-electron chi connectivity index (χ1n) is 5.00. The number of rotatable bonds is 3. The average Bonchev–Trinajstić information content (AvgIpc) is 2.97. The lowest BCUT2D eigenvalue weighted by Crippen LogP contribution is -2.13. The summed E-state index contributed by atoms with van der Waals surface area (Å²) in [6.45, 7) is 0. The van der Waals surface area contributed by atoms with Crippen molar-refractivity contribution in [2.75, 3.05) is 5.32 Å². The molecule has 0 unspecified atom stereocenters. The predicted molar refractivity (Wildman–Crippen MR) is 67.5 cm³/mol. The number of carbonyl (C=O) groups is 1. The SMILES string of the molecule is Cn1cc(/C=C(/C#N)C(=O)Nc2nccs2)cn1. The van der Waals surface area contributed by atoms with E-state index in [0.29, 0.717) is 10.7 Å². The van der Waals surface area contributed by atoms with E-state index in [1.807, 2.05) is 6.07 Å². The second-order valence-electron chi connectivity index (χ2n) is 3.41. The molecule has 2 aromatic heterocycles. The molecular weight excluding hydrogens is 250 g/mol. The van der Waals surface area contributed by atoms with E-state index in [-0.39, 0.29) is 5.57 Å². The molecule has 90 valence electrons. The highest BCUT2D eigenvalue weighted by Gasteiger charge is 2.10. The Morgan fingerprint density at radius 2 is 2.50 bits per heavy atom. The maximum Gasteiger partial charge on any atom is 0.268 e. The number of nitrogens with one attached hydrogen (secondary N) is 1. The molecule has 0 atom stereocenters. The predicted octanol–water partition coefficient (Wildman–Crippen LogP) is 1.42. The lowest BCUT2D eigenvalue weighted by atomic mass is 10.2. The number of anilines is 1. The number of hydrogen-bond acceptors (Lipinski definition) is 5. The van der Waals surface area contributed by atoms with Crippen molar-refractivity contribution in [2.45, 2.75) is 0 Å². The Bertz CT molecular complexity index is 620. The standard InChI is InChI=1S/C11H9N5OS/c1-16-7-8(6-14-16)4-9(5-12)10(17)15-11-13-2-3-18-11/h2-4,6-7H,1H3,(H,13,15,17)/b9-4-. The summed E-state index contributed by atoms with van der Waals surface area (Å²) in [7, 11) is 1.76. The van der Waals surface area contributed by atoms with Crippen LogP contribution < -0.4 is 5.32 Å². The number of amides is 1. The molecule has 0 saturated carbocycles. The van der Waals surface area contributed by atoms with E-state index in [2.05, 4.69) is 15.4 Å². The molecule has 2 heterocycles. The van der Waals surface area contributed by atoms with E-state index < -0.39 is 5.91 Å². The quantitative estimate of drug-likeness (QED) is 0.667. The molecule has 7 heteroatoms. The molecule has 6 nitrogen and oxygen atoms in total. The summed E-state index contributed by atoms with van der Waals surface area (Å²) in [6.07, 6.45) is 6.36. The first-order valence-corrected chi connectivity index (χ1v) is 5.88. The Balaban J connectivity index is 2.16. The monoisotopic (exact) mass is 259 g/mol. The molecule has 1 amide bonds. The third-order valence-corrected chi connectivity index (χ3v) is 2.74. The fourth-order valence-electron chi connectivity index (χ4n) is 1.28. The fraction of sp³-hybridized carbons (Fsp3) is 0.0909. The van der Waals surface area contributed by atoms with Gasteiger partial charge in [0.2, 0.25) is 0 Å². The average molecular weight is 259 g/mol. The van der Waals surface area contributed by atoms with Crippen LogP contribution in [-0.2, 0) is 11.8 Å². The van der Waals surface area contributed by atoms with E-state index in [1.54, 1.807) is 35.7 Å². The minimum atomic E-state index is -0.476. The Hall–Kier alpha value is -2.46. The smallest absolute Gasteiger partial charge is 0.268 e. The van der Waals surface area contributed by atoms with Gasteiger partial charge < -0.3 is 0 Å². The zero-order chi connectivity index (χ0) is 13.0. The van der Waals surface area contributed by atoms with Crippen LogP contribution in [0.15, 0.2) is 29.5 Å². The van der Waals surface area contributed by atoms with Crippen molar-refractivity contribution in [3.63, 3.8) is 0 Å². The van der Waals surface area contributed by atoms with Crippen LogP contribution in [0.2, 0.25) is 0 Å². The van der Waals surface area contributed by atoms with Gasteiger partial charge in [-0.05, 0) is 6.08 Å². The molecule has 2 rings (SSSR count). The number of aryl methyl sites for hydroxylation is 1. The van der Waals surface area contributed by atoms with Crippen LogP contribution in [-0.4, -0.2) is 20.7 Å². The van der Waals surface area contributed by atoms with Gasteiger partial charge >= 0.3 is 0 Å². The molecule has 2 aromatic rings. The second kappa shape index (κ2) is 5.25. The van der Waals surface area contributed by atoms with E-state index in [1.165, 1.54) is 17.4 Å². The first kappa shape index (κ1) is 12.0. The highest BCUT2D eigenvalue weighted by atomic mass is 32.1. The van der Waals surface area contributed by atoms with Crippen molar-refractivity contribution in [3.05, 3.63) is 35.1 Å². The van der Waals surface area contributed by atoms with Crippen LogP contribution in [0.3, 0.4) is 0 Å². The van der Waals surface area contributed by atoms with Crippen molar-refractivity contribution >= 4 is 28.5 Å². The number of nitrogens with zero attached hydrogens (tertiary/aromatic N) is 4.